The number of rotatable bonds is 6. The van der Waals surface area contributed by atoms with E-state index >= 15 is 0 Å². The molecule has 0 saturated carbocycles. The van der Waals surface area contributed by atoms with Gasteiger partial charge < -0.3 is 23.8 Å². The molecule has 1 aliphatic heterocycles. The van der Waals surface area contributed by atoms with E-state index in [2.05, 4.69) is 4.74 Å². The second-order valence-corrected chi connectivity index (χ2v) is 6.49. The Morgan fingerprint density at radius 2 is 1.70 bits per heavy atom. The minimum atomic E-state index is -5.01. The number of nitrogens with zero attached hydrogens (tertiary/aromatic N) is 1. The van der Waals surface area contributed by atoms with Gasteiger partial charge in [-0.05, 0) is 36.8 Å². The van der Waals surface area contributed by atoms with Gasteiger partial charge >= 0.3 is 6.36 Å². The van der Waals surface area contributed by atoms with Gasteiger partial charge in [0.15, 0.2) is 17.8 Å². The maximum Gasteiger partial charge on any atom is 0.573 e. The Labute approximate surface area is 169 Å². The summed E-state index contributed by atoms with van der Waals surface area (Å²) in [7, 11) is 2.91. The zero-order chi connectivity index (χ0) is 22.1. The Morgan fingerprint density at radius 1 is 1.07 bits per heavy atom. The van der Waals surface area contributed by atoms with Crippen LogP contribution in [-0.2, 0) is 16.1 Å². The van der Waals surface area contributed by atoms with Crippen molar-refractivity contribution in [2.24, 2.45) is 0 Å². The average Bonchev–Trinajstić information content (AvgIpc) is 2.96. The van der Waals surface area contributed by atoms with E-state index in [4.69, 9.17) is 14.2 Å². The first-order chi connectivity index (χ1) is 14.1. The number of alkyl halides is 3. The molecule has 10 heteroatoms. The molecule has 1 aliphatic rings. The molecule has 0 N–H and O–H groups in total. The number of hydrogen-bond acceptors (Lipinski definition) is 5. The first kappa shape index (κ1) is 21.7. The molecule has 0 aliphatic carbocycles. The van der Waals surface area contributed by atoms with Gasteiger partial charge in [0.25, 0.3) is 5.91 Å². The number of amides is 1. The number of carbonyl (C=O) groups excluding carboxylic acids is 1. The molecule has 1 saturated heterocycles. The van der Waals surface area contributed by atoms with Gasteiger partial charge in [0.1, 0.15) is 17.6 Å². The van der Waals surface area contributed by atoms with Gasteiger partial charge in [0.05, 0.1) is 19.8 Å². The molecule has 0 spiro atoms. The Hall–Kier alpha value is -3.01. The maximum atomic E-state index is 14.1. The largest absolute Gasteiger partial charge is 0.573 e. The van der Waals surface area contributed by atoms with Crippen molar-refractivity contribution in [3.63, 3.8) is 0 Å². The van der Waals surface area contributed by atoms with Crippen molar-refractivity contribution in [3.05, 3.63) is 53.3 Å². The maximum absolute atomic E-state index is 14.1. The predicted octanol–water partition coefficient (Wildman–Crippen LogP) is 4.19. The van der Waals surface area contributed by atoms with E-state index in [0.717, 1.165) is 12.1 Å². The molecule has 0 radical (unpaired) electrons. The van der Waals surface area contributed by atoms with Crippen molar-refractivity contribution in [1.82, 2.24) is 4.90 Å². The highest BCUT2D eigenvalue weighted by atomic mass is 19.4. The van der Waals surface area contributed by atoms with Gasteiger partial charge in [-0.2, -0.15) is 0 Å². The van der Waals surface area contributed by atoms with Crippen molar-refractivity contribution < 1.29 is 41.3 Å². The quantitative estimate of drug-likeness (QED) is 0.645. The highest BCUT2D eigenvalue weighted by molar-refractivity contribution is 5.83. The molecule has 2 unspecified atom stereocenters. The van der Waals surface area contributed by atoms with E-state index in [1.807, 2.05) is 0 Å². The summed E-state index contributed by atoms with van der Waals surface area (Å²) in [5.41, 5.74) is 0.727. The fraction of sp³-hybridized carbons (Fsp3) is 0.350. The summed E-state index contributed by atoms with van der Waals surface area (Å²) in [5, 5.41) is 0. The van der Waals surface area contributed by atoms with Crippen LogP contribution in [0, 0.1) is 5.82 Å². The summed E-state index contributed by atoms with van der Waals surface area (Å²) in [6.45, 7) is 1.45. The van der Waals surface area contributed by atoms with E-state index < -0.39 is 30.3 Å². The molecule has 1 heterocycles. The third-order valence-electron chi connectivity index (χ3n) is 4.53. The fourth-order valence-corrected chi connectivity index (χ4v) is 3.23. The number of carbonyl (C=O) groups is 1. The lowest BCUT2D eigenvalue weighted by atomic mass is 10.1. The van der Waals surface area contributed by atoms with Crippen molar-refractivity contribution in [2.45, 2.75) is 32.2 Å². The zero-order valence-electron chi connectivity index (χ0n) is 16.3. The van der Waals surface area contributed by atoms with Gasteiger partial charge in [-0.15, -0.1) is 13.2 Å². The first-order valence-corrected chi connectivity index (χ1v) is 8.85. The van der Waals surface area contributed by atoms with E-state index in [0.29, 0.717) is 17.1 Å². The topological polar surface area (TPSA) is 57.2 Å². The zero-order valence-corrected chi connectivity index (χ0v) is 16.3. The van der Waals surface area contributed by atoms with Crippen molar-refractivity contribution >= 4 is 5.91 Å². The second kappa shape index (κ2) is 8.39. The van der Waals surface area contributed by atoms with Gasteiger partial charge in [-0.3, -0.25) is 4.79 Å². The highest BCUT2D eigenvalue weighted by Gasteiger charge is 2.41. The van der Waals surface area contributed by atoms with E-state index in [1.54, 1.807) is 25.1 Å². The molecular weight excluding hydrogens is 410 g/mol. The second-order valence-electron chi connectivity index (χ2n) is 6.49. The molecule has 3 rings (SSSR count). The Balaban J connectivity index is 1.93. The summed E-state index contributed by atoms with van der Waals surface area (Å²) in [6, 6.07) is 8.05. The van der Waals surface area contributed by atoms with Gasteiger partial charge in [-0.25, -0.2) is 4.39 Å². The summed E-state index contributed by atoms with van der Waals surface area (Å²) in [5.74, 6) is -1.68. The average molecular weight is 429 g/mol. The minimum Gasteiger partial charge on any atom is -0.496 e. The van der Waals surface area contributed by atoms with Crippen LogP contribution in [0.25, 0.3) is 0 Å². The number of methoxy groups -OCH3 is 2. The van der Waals surface area contributed by atoms with Crippen LogP contribution in [0.2, 0.25) is 0 Å². The standard InChI is InChI=1S/C20H19F4NO5/c1-11-18(26)25(10-12-7-8-14(13(21)9-12)30-20(22,23)24)19(29-11)17-15(27-2)5-4-6-16(17)28-3/h4-9,11,19H,10H2,1-3H3. The van der Waals surface area contributed by atoms with Crippen molar-refractivity contribution in [2.75, 3.05) is 14.2 Å². The lowest BCUT2D eigenvalue weighted by Crippen LogP contribution is -2.30. The predicted molar refractivity (Wildman–Crippen MR) is 96.5 cm³/mol. The Morgan fingerprint density at radius 3 is 2.23 bits per heavy atom. The summed E-state index contributed by atoms with van der Waals surface area (Å²) in [6.07, 6.45) is -6.70. The Bertz CT molecular complexity index is 912. The molecule has 6 nitrogen and oxygen atoms in total. The number of ether oxygens (including phenoxy) is 4. The van der Waals surface area contributed by atoms with Crippen molar-refractivity contribution in [3.8, 4) is 17.2 Å². The van der Waals surface area contributed by atoms with Crippen LogP contribution in [0.3, 0.4) is 0 Å². The van der Waals surface area contributed by atoms with E-state index in [1.165, 1.54) is 25.2 Å². The number of hydrogen-bond donors (Lipinski definition) is 0. The third-order valence-corrected chi connectivity index (χ3v) is 4.53. The molecular formula is C20H19F4NO5. The van der Waals surface area contributed by atoms with Crippen LogP contribution >= 0.6 is 0 Å². The summed E-state index contributed by atoms with van der Waals surface area (Å²) < 4.78 is 71.3. The summed E-state index contributed by atoms with van der Waals surface area (Å²) >= 11 is 0. The van der Waals surface area contributed by atoms with Crippen LogP contribution < -0.4 is 14.2 Å². The van der Waals surface area contributed by atoms with Crippen LogP contribution in [0.15, 0.2) is 36.4 Å². The molecule has 2 aromatic carbocycles. The molecule has 162 valence electrons. The molecule has 30 heavy (non-hydrogen) atoms. The fourth-order valence-electron chi connectivity index (χ4n) is 3.23. The molecule has 2 atom stereocenters. The van der Waals surface area contributed by atoms with E-state index in [9.17, 15) is 22.4 Å². The third kappa shape index (κ3) is 4.43. The molecule has 1 fully saturated rings. The number of benzene rings is 2. The highest BCUT2D eigenvalue weighted by Crippen LogP contribution is 2.42. The van der Waals surface area contributed by atoms with Gasteiger partial charge in [0, 0.05) is 6.54 Å². The smallest absolute Gasteiger partial charge is 0.496 e. The summed E-state index contributed by atoms with van der Waals surface area (Å²) in [4.78, 5) is 14.0. The molecule has 2 aromatic rings. The SMILES string of the molecule is COc1cccc(OC)c1C1OC(C)C(=O)N1Cc1ccc(OC(F)(F)F)c(F)c1. The minimum absolute atomic E-state index is 0.113. The van der Waals surface area contributed by atoms with Crippen LogP contribution in [0.4, 0.5) is 17.6 Å². The molecule has 0 bridgehead atoms. The van der Waals surface area contributed by atoms with Gasteiger partial charge in [-0.1, -0.05) is 12.1 Å². The normalized spacial score (nSPS) is 19.2. The molecule has 1 amide bonds. The lowest BCUT2D eigenvalue weighted by Gasteiger charge is -2.26. The van der Waals surface area contributed by atoms with Gasteiger partial charge in [0.2, 0.25) is 0 Å². The van der Waals surface area contributed by atoms with Crippen molar-refractivity contribution in [1.29, 1.82) is 0 Å². The number of halogens is 4. The lowest BCUT2D eigenvalue weighted by molar-refractivity contribution is -0.275. The van der Waals surface area contributed by atoms with Crippen LogP contribution in [-0.4, -0.2) is 37.5 Å². The van der Waals surface area contributed by atoms with E-state index in [-0.39, 0.29) is 18.0 Å². The van der Waals surface area contributed by atoms with Crippen LogP contribution in [0.5, 0.6) is 17.2 Å². The van der Waals surface area contributed by atoms with Crippen LogP contribution in [0.1, 0.15) is 24.3 Å². The monoisotopic (exact) mass is 429 g/mol. The Kier molecular flexibility index (Phi) is 6.06. The molecule has 0 aromatic heterocycles. The first-order valence-electron chi connectivity index (χ1n) is 8.85.